The van der Waals surface area contributed by atoms with E-state index in [-0.39, 0.29) is 18.6 Å². The van der Waals surface area contributed by atoms with Crippen LogP contribution in [0.3, 0.4) is 0 Å². The van der Waals surface area contributed by atoms with Gasteiger partial charge in [0.1, 0.15) is 0 Å². The minimum Gasteiger partial charge on any atom is -0.386 e. The zero-order chi connectivity index (χ0) is 18.2. The van der Waals surface area contributed by atoms with Gasteiger partial charge in [-0.15, -0.1) is 11.3 Å². The zero-order valence-electron chi connectivity index (χ0n) is 15.1. The summed E-state index contributed by atoms with van der Waals surface area (Å²) >= 11 is 1.64. The van der Waals surface area contributed by atoms with Gasteiger partial charge in [-0.2, -0.15) is 0 Å². The lowest BCUT2D eigenvalue weighted by Crippen LogP contribution is -2.33. The number of oxime groups is 1. The van der Waals surface area contributed by atoms with Gasteiger partial charge >= 0.3 is 0 Å². The Morgan fingerprint density at radius 2 is 2.00 bits per heavy atom. The van der Waals surface area contributed by atoms with E-state index in [4.69, 9.17) is 4.84 Å². The van der Waals surface area contributed by atoms with Crippen LogP contribution in [0, 0.1) is 5.92 Å². The second-order valence-corrected chi connectivity index (χ2v) is 7.28. The van der Waals surface area contributed by atoms with E-state index in [2.05, 4.69) is 24.3 Å². The molecule has 1 amide bonds. The zero-order valence-corrected chi connectivity index (χ0v) is 15.9. The Hall–Kier alpha value is -2.34. The first kappa shape index (κ1) is 19.0. The number of benzene rings is 1. The molecule has 0 radical (unpaired) electrons. The standard InChI is InChI=1S/C19H25N3O2S/c1-14(2)19(17-6-5-11-25-17)21-18(23)13-24-20-12-15-7-9-16(10-8-15)22(3)4/h5-12,14,19H,13H2,1-4H3,(H,21,23)/t19-/m0/s1. The molecule has 0 aliphatic rings. The van der Waals surface area contributed by atoms with Gasteiger partial charge in [-0.3, -0.25) is 4.79 Å². The van der Waals surface area contributed by atoms with Crippen LogP contribution in [0.15, 0.2) is 46.9 Å². The molecule has 0 unspecified atom stereocenters. The van der Waals surface area contributed by atoms with Crippen molar-refractivity contribution in [2.45, 2.75) is 19.9 Å². The molecule has 0 fully saturated rings. The number of hydrogen-bond donors (Lipinski definition) is 1. The molecule has 25 heavy (non-hydrogen) atoms. The Morgan fingerprint density at radius 3 is 2.56 bits per heavy atom. The van der Waals surface area contributed by atoms with Crippen LogP contribution >= 0.6 is 11.3 Å². The normalized spacial score (nSPS) is 12.4. The van der Waals surface area contributed by atoms with Crippen LogP contribution < -0.4 is 10.2 Å². The van der Waals surface area contributed by atoms with Crippen LogP contribution in [0.1, 0.15) is 30.3 Å². The highest BCUT2D eigenvalue weighted by Crippen LogP contribution is 2.25. The van der Waals surface area contributed by atoms with Crippen molar-refractivity contribution in [2.75, 3.05) is 25.6 Å². The molecule has 0 bridgehead atoms. The molecule has 0 aliphatic heterocycles. The average molecular weight is 359 g/mol. The maximum atomic E-state index is 12.1. The number of rotatable bonds is 8. The highest BCUT2D eigenvalue weighted by Gasteiger charge is 2.19. The van der Waals surface area contributed by atoms with Crippen LogP contribution in [-0.4, -0.2) is 32.8 Å². The molecule has 6 heteroatoms. The minimum atomic E-state index is -0.174. The molecular formula is C19H25N3O2S. The van der Waals surface area contributed by atoms with E-state index in [0.717, 1.165) is 16.1 Å². The molecule has 0 aliphatic carbocycles. The van der Waals surface area contributed by atoms with E-state index >= 15 is 0 Å². The fourth-order valence-corrected chi connectivity index (χ4v) is 3.25. The number of carbonyl (C=O) groups excluding carboxylic acids is 1. The van der Waals surface area contributed by atoms with Gasteiger partial charge in [-0.25, -0.2) is 0 Å². The topological polar surface area (TPSA) is 53.9 Å². The summed E-state index contributed by atoms with van der Waals surface area (Å²) in [6.07, 6.45) is 1.60. The van der Waals surface area contributed by atoms with Crippen LogP contribution in [0.2, 0.25) is 0 Å². The van der Waals surface area contributed by atoms with Crippen molar-refractivity contribution >= 4 is 29.1 Å². The molecule has 134 valence electrons. The van der Waals surface area contributed by atoms with E-state index in [0.29, 0.717) is 5.92 Å². The van der Waals surface area contributed by atoms with Gasteiger partial charge in [0.05, 0.1) is 12.3 Å². The summed E-state index contributed by atoms with van der Waals surface area (Å²) in [4.78, 5) is 20.4. The Labute approximate surface area is 153 Å². The van der Waals surface area contributed by atoms with Crippen molar-refractivity contribution in [3.63, 3.8) is 0 Å². The number of carbonyl (C=O) groups is 1. The summed E-state index contributed by atoms with van der Waals surface area (Å²) in [5.41, 5.74) is 2.04. The first-order chi connectivity index (χ1) is 12.0. The van der Waals surface area contributed by atoms with Crippen molar-refractivity contribution < 1.29 is 9.63 Å². The predicted octanol–water partition coefficient (Wildman–Crippen LogP) is 3.68. The van der Waals surface area contributed by atoms with Crippen LogP contribution in [-0.2, 0) is 9.63 Å². The largest absolute Gasteiger partial charge is 0.386 e. The first-order valence-corrected chi connectivity index (χ1v) is 9.11. The summed E-state index contributed by atoms with van der Waals surface area (Å²) in [6, 6.07) is 11.9. The van der Waals surface area contributed by atoms with Gasteiger partial charge in [-0.05, 0) is 35.1 Å². The van der Waals surface area contributed by atoms with Gasteiger partial charge in [0.15, 0.2) is 6.61 Å². The fraction of sp³-hybridized carbons (Fsp3) is 0.368. The van der Waals surface area contributed by atoms with Gasteiger partial charge in [0.2, 0.25) is 0 Å². The fourth-order valence-electron chi connectivity index (χ4n) is 2.30. The molecule has 1 aromatic carbocycles. The number of thiophene rings is 1. The lowest BCUT2D eigenvalue weighted by atomic mass is 10.0. The van der Waals surface area contributed by atoms with Crippen LogP contribution in [0.25, 0.3) is 0 Å². The molecule has 1 heterocycles. The summed E-state index contributed by atoms with van der Waals surface area (Å²) < 4.78 is 0. The Morgan fingerprint density at radius 1 is 1.28 bits per heavy atom. The monoisotopic (exact) mass is 359 g/mol. The molecule has 2 aromatic rings. The summed E-state index contributed by atoms with van der Waals surface area (Å²) in [5.74, 6) is 0.133. The number of amides is 1. The second-order valence-electron chi connectivity index (χ2n) is 6.30. The summed E-state index contributed by atoms with van der Waals surface area (Å²) in [5, 5.41) is 8.89. The highest BCUT2D eigenvalue weighted by atomic mass is 32.1. The Kier molecular flexibility index (Phi) is 7.01. The van der Waals surface area contributed by atoms with Gasteiger partial charge in [-0.1, -0.05) is 37.2 Å². The predicted molar refractivity (Wildman–Crippen MR) is 104 cm³/mol. The third-order valence-electron chi connectivity index (χ3n) is 3.71. The van der Waals surface area contributed by atoms with Crippen molar-refractivity contribution in [2.24, 2.45) is 11.1 Å². The molecule has 1 N–H and O–H groups in total. The number of nitrogens with zero attached hydrogens (tertiary/aromatic N) is 2. The Balaban J connectivity index is 1.81. The third kappa shape index (κ3) is 5.90. The van der Waals surface area contributed by atoms with Crippen molar-refractivity contribution in [3.8, 4) is 0 Å². The highest BCUT2D eigenvalue weighted by molar-refractivity contribution is 7.10. The lowest BCUT2D eigenvalue weighted by Gasteiger charge is -2.20. The second kappa shape index (κ2) is 9.22. The first-order valence-electron chi connectivity index (χ1n) is 8.23. The van der Waals surface area contributed by atoms with E-state index in [9.17, 15) is 4.79 Å². The number of nitrogens with one attached hydrogen (secondary N) is 1. The lowest BCUT2D eigenvalue weighted by molar-refractivity contribution is -0.126. The average Bonchev–Trinajstić information content (AvgIpc) is 3.11. The van der Waals surface area contributed by atoms with E-state index in [1.807, 2.05) is 60.8 Å². The van der Waals surface area contributed by atoms with Crippen LogP contribution in [0.5, 0.6) is 0 Å². The number of anilines is 1. The summed E-state index contributed by atoms with van der Waals surface area (Å²) in [6.45, 7) is 4.07. The summed E-state index contributed by atoms with van der Waals surface area (Å²) in [7, 11) is 3.98. The maximum Gasteiger partial charge on any atom is 0.261 e. The molecule has 0 saturated carbocycles. The molecular weight excluding hydrogens is 334 g/mol. The van der Waals surface area contributed by atoms with Gasteiger partial charge < -0.3 is 15.1 Å². The molecule has 1 atom stereocenters. The Bertz CT molecular complexity index is 679. The molecule has 1 aromatic heterocycles. The van der Waals surface area contributed by atoms with Crippen molar-refractivity contribution in [3.05, 3.63) is 52.2 Å². The van der Waals surface area contributed by atoms with Gasteiger partial charge in [0.25, 0.3) is 5.91 Å². The maximum absolute atomic E-state index is 12.1. The van der Waals surface area contributed by atoms with E-state index in [1.165, 1.54) is 0 Å². The van der Waals surface area contributed by atoms with Crippen molar-refractivity contribution in [1.82, 2.24) is 5.32 Å². The SMILES string of the molecule is CC(C)[C@H](NC(=O)CON=Cc1ccc(N(C)C)cc1)c1cccs1. The van der Waals surface area contributed by atoms with E-state index < -0.39 is 0 Å². The van der Waals surface area contributed by atoms with Gasteiger partial charge in [0, 0.05) is 24.7 Å². The molecule has 2 rings (SSSR count). The smallest absolute Gasteiger partial charge is 0.261 e. The molecule has 5 nitrogen and oxygen atoms in total. The molecule has 0 saturated heterocycles. The quantitative estimate of drug-likeness (QED) is 0.578. The van der Waals surface area contributed by atoms with Crippen molar-refractivity contribution in [1.29, 1.82) is 0 Å². The van der Waals surface area contributed by atoms with E-state index in [1.54, 1.807) is 17.6 Å². The third-order valence-corrected chi connectivity index (χ3v) is 4.67. The minimum absolute atomic E-state index is 0.00124. The van der Waals surface area contributed by atoms with Crippen LogP contribution in [0.4, 0.5) is 5.69 Å². The molecule has 0 spiro atoms. The number of hydrogen-bond acceptors (Lipinski definition) is 5.